The molecule has 3 aromatic heterocycles. The van der Waals surface area contributed by atoms with Gasteiger partial charge in [0, 0.05) is 72.7 Å². The number of benzene rings is 2. The number of rotatable bonds is 8. The highest BCUT2D eigenvalue weighted by Crippen LogP contribution is 2.42. The predicted molar refractivity (Wildman–Crippen MR) is 182 cm³/mol. The molecule has 1 fully saturated rings. The Bertz CT molecular complexity index is 2070. The van der Waals surface area contributed by atoms with Crippen molar-refractivity contribution < 1.29 is 14.3 Å². The predicted octanol–water partition coefficient (Wildman–Crippen LogP) is 5.26. The average molecular weight is 672 g/mol. The van der Waals surface area contributed by atoms with Gasteiger partial charge in [0.15, 0.2) is 0 Å². The summed E-state index contributed by atoms with van der Waals surface area (Å²) in [4.78, 5) is 34.1. The number of halogens is 2. The van der Waals surface area contributed by atoms with Crippen molar-refractivity contribution in [2.75, 3.05) is 26.8 Å². The number of hydrogen-bond donors (Lipinski definition) is 3. The van der Waals surface area contributed by atoms with Gasteiger partial charge in [-0.05, 0) is 30.2 Å². The minimum Gasteiger partial charge on any atom is -0.481 e. The molecule has 0 saturated carbocycles. The van der Waals surface area contributed by atoms with Gasteiger partial charge >= 0.3 is 0 Å². The second kappa shape index (κ2) is 13.3. The molecular formula is C35H32Cl2N6O4. The first-order valence-corrected chi connectivity index (χ1v) is 16.2. The van der Waals surface area contributed by atoms with Crippen LogP contribution in [0.1, 0.15) is 24.0 Å². The molecule has 0 unspecified atom stereocenters. The van der Waals surface area contributed by atoms with Crippen molar-refractivity contribution in [1.82, 2.24) is 30.3 Å². The Balaban J connectivity index is 1.18. The number of nitrogens with zero attached hydrogens (tertiary/aromatic N) is 3. The molecule has 2 aliphatic rings. The van der Waals surface area contributed by atoms with Gasteiger partial charge in [0.25, 0.3) is 5.56 Å². The molecule has 1 saturated heterocycles. The highest BCUT2D eigenvalue weighted by Gasteiger charge is 2.22. The lowest BCUT2D eigenvalue weighted by atomic mass is 9.97. The molecule has 5 heterocycles. The van der Waals surface area contributed by atoms with E-state index in [1.54, 1.807) is 13.3 Å². The minimum absolute atomic E-state index is 0.0958. The zero-order valence-electron chi connectivity index (χ0n) is 25.6. The lowest BCUT2D eigenvalue weighted by molar-refractivity contribution is -0.119. The Hall–Kier alpha value is -4.48. The molecule has 0 radical (unpaired) electrons. The fraction of sp³-hybridized carbons (Fsp3) is 0.257. The first kappa shape index (κ1) is 31.1. The van der Waals surface area contributed by atoms with E-state index in [2.05, 4.69) is 20.9 Å². The fourth-order valence-electron chi connectivity index (χ4n) is 6.07. The molecule has 0 aliphatic carbocycles. The van der Waals surface area contributed by atoms with Gasteiger partial charge in [-0.15, -0.1) is 0 Å². The molecule has 12 heteroatoms. The third-order valence-corrected chi connectivity index (χ3v) is 9.32. The van der Waals surface area contributed by atoms with Gasteiger partial charge in [-0.2, -0.15) is 4.98 Å². The number of hydrogen-bond acceptors (Lipinski definition) is 8. The topological polar surface area (TPSA) is 119 Å². The summed E-state index contributed by atoms with van der Waals surface area (Å²) in [6.45, 7) is 2.71. The van der Waals surface area contributed by atoms with Gasteiger partial charge in [0.05, 0.1) is 28.4 Å². The summed E-state index contributed by atoms with van der Waals surface area (Å²) in [6.07, 6.45) is 3.12. The first-order chi connectivity index (χ1) is 22.9. The quantitative estimate of drug-likeness (QED) is 0.205. The van der Waals surface area contributed by atoms with Crippen LogP contribution in [-0.2, 0) is 17.9 Å². The van der Waals surface area contributed by atoms with Gasteiger partial charge in [0.1, 0.15) is 12.3 Å². The summed E-state index contributed by atoms with van der Waals surface area (Å²) in [6, 6.07) is 19.3. The standard InChI is InChI=1S/C35H32Cl2N6O4/c1-46-33-21(17-39-18-22-9-11-30(44)40-22)8-10-28(41-33)26-7-3-6-25(32(26)37)24-5-2-4-23(31(24)36)20-12-14-43-29(16-20)42-34-27(35(43)45)19-38-13-15-47-34/h2-8,10,12,14,16,22,38-39H,9,11,13,15,17-19H2,1H3,(H,40,44)/t22-/m0/s1. The van der Waals surface area contributed by atoms with Crippen molar-refractivity contribution in [3.05, 3.63) is 98.4 Å². The van der Waals surface area contributed by atoms with Crippen molar-refractivity contribution in [2.24, 2.45) is 0 Å². The maximum Gasteiger partial charge on any atom is 0.266 e. The van der Waals surface area contributed by atoms with Crippen molar-refractivity contribution in [2.45, 2.75) is 32.0 Å². The Kier molecular flexibility index (Phi) is 8.83. The molecule has 3 N–H and O–H groups in total. The van der Waals surface area contributed by atoms with E-state index in [0.717, 1.165) is 39.8 Å². The Morgan fingerprint density at radius 1 is 1.00 bits per heavy atom. The lowest BCUT2D eigenvalue weighted by Crippen LogP contribution is -2.35. The molecule has 0 spiro atoms. The van der Waals surface area contributed by atoms with E-state index in [4.69, 9.17) is 37.7 Å². The zero-order chi connectivity index (χ0) is 32.5. The lowest BCUT2D eigenvalue weighted by Gasteiger charge is -2.16. The molecule has 2 aliphatic heterocycles. The van der Waals surface area contributed by atoms with E-state index in [0.29, 0.717) is 77.9 Å². The highest BCUT2D eigenvalue weighted by molar-refractivity contribution is 6.39. The summed E-state index contributed by atoms with van der Waals surface area (Å²) in [7, 11) is 1.59. The van der Waals surface area contributed by atoms with Crippen LogP contribution in [0.3, 0.4) is 0 Å². The van der Waals surface area contributed by atoms with Crippen LogP contribution in [0.25, 0.3) is 39.2 Å². The number of ether oxygens (including phenoxy) is 2. The van der Waals surface area contributed by atoms with Crippen LogP contribution >= 0.6 is 23.2 Å². The Morgan fingerprint density at radius 2 is 1.77 bits per heavy atom. The number of amides is 1. The third-order valence-electron chi connectivity index (χ3n) is 8.50. The summed E-state index contributed by atoms with van der Waals surface area (Å²) >= 11 is 14.2. The number of nitrogens with one attached hydrogen (secondary N) is 3. The molecule has 1 amide bonds. The fourth-order valence-corrected chi connectivity index (χ4v) is 6.73. The minimum atomic E-state index is -0.164. The van der Waals surface area contributed by atoms with Gasteiger partial charge < -0.3 is 25.4 Å². The van der Waals surface area contributed by atoms with Crippen molar-refractivity contribution in [3.8, 4) is 45.3 Å². The van der Waals surface area contributed by atoms with Crippen LogP contribution in [0.15, 0.2) is 71.7 Å². The number of fused-ring (bicyclic) bond motifs is 2. The molecular weight excluding hydrogens is 639 g/mol. The van der Waals surface area contributed by atoms with E-state index >= 15 is 0 Å². The smallest absolute Gasteiger partial charge is 0.266 e. The molecule has 0 bridgehead atoms. The molecule has 1 atom stereocenters. The van der Waals surface area contributed by atoms with Gasteiger partial charge in [-0.25, -0.2) is 4.98 Å². The van der Waals surface area contributed by atoms with E-state index < -0.39 is 0 Å². The number of carbonyl (C=O) groups excluding carboxylic acids is 1. The number of aromatic nitrogens is 3. The maximum atomic E-state index is 13.2. The molecule has 240 valence electrons. The van der Waals surface area contributed by atoms with Crippen molar-refractivity contribution >= 4 is 34.8 Å². The van der Waals surface area contributed by atoms with Crippen LogP contribution in [-0.4, -0.2) is 53.1 Å². The summed E-state index contributed by atoms with van der Waals surface area (Å²) < 4.78 is 12.9. The Morgan fingerprint density at radius 3 is 2.53 bits per heavy atom. The Labute approximate surface area is 281 Å². The maximum absolute atomic E-state index is 13.2. The SMILES string of the molecule is COc1nc(-c2cccc(-c3cccc(-c4ccn5c(=O)c6c(nc5c4)OCCNC6)c3Cl)c2Cl)ccc1CNC[C@@H]1CCC(=O)N1. The van der Waals surface area contributed by atoms with Gasteiger partial charge in [-0.3, -0.25) is 14.0 Å². The second-order valence-corrected chi connectivity index (χ2v) is 12.3. The van der Waals surface area contributed by atoms with E-state index in [1.807, 2.05) is 60.7 Å². The normalized spacial score (nSPS) is 16.0. The molecule has 10 nitrogen and oxygen atoms in total. The van der Waals surface area contributed by atoms with Gasteiger partial charge in [0.2, 0.25) is 17.7 Å². The van der Waals surface area contributed by atoms with E-state index in [-0.39, 0.29) is 17.5 Å². The van der Waals surface area contributed by atoms with Crippen molar-refractivity contribution in [1.29, 1.82) is 0 Å². The molecule has 47 heavy (non-hydrogen) atoms. The van der Waals surface area contributed by atoms with Crippen LogP contribution < -0.4 is 31.0 Å². The van der Waals surface area contributed by atoms with Crippen LogP contribution in [0.2, 0.25) is 10.0 Å². The van der Waals surface area contributed by atoms with E-state index in [1.165, 1.54) is 4.40 Å². The van der Waals surface area contributed by atoms with Crippen LogP contribution in [0, 0.1) is 0 Å². The molecule has 2 aromatic carbocycles. The summed E-state index contributed by atoms with van der Waals surface area (Å²) in [5, 5.41) is 10.6. The van der Waals surface area contributed by atoms with Gasteiger partial charge in [-0.1, -0.05) is 65.7 Å². The first-order valence-electron chi connectivity index (χ1n) is 15.4. The van der Waals surface area contributed by atoms with Crippen LogP contribution in [0.5, 0.6) is 11.8 Å². The zero-order valence-corrected chi connectivity index (χ0v) is 27.1. The van der Waals surface area contributed by atoms with E-state index in [9.17, 15) is 9.59 Å². The second-order valence-electron chi connectivity index (χ2n) is 11.5. The third kappa shape index (κ3) is 6.17. The largest absolute Gasteiger partial charge is 0.481 e. The molecule has 5 aromatic rings. The average Bonchev–Trinajstić information content (AvgIpc) is 3.35. The van der Waals surface area contributed by atoms with Crippen LogP contribution in [0.4, 0.5) is 0 Å². The number of carbonyl (C=O) groups is 1. The van der Waals surface area contributed by atoms with Crippen molar-refractivity contribution in [3.63, 3.8) is 0 Å². The number of pyridine rings is 2. The summed E-state index contributed by atoms with van der Waals surface area (Å²) in [5.74, 6) is 0.946. The highest BCUT2D eigenvalue weighted by atomic mass is 35.5. The monoisotopic (exact) mass is 670 g/mol. The number of methoxy groups -OCH3 is 1. The molecule has 7 rings (SSSR count). The summed E-state index contributed by atoms with van der Waals surface area (Å²) in [5.41, 5.74) is 6.19.